The van der Waals surface area contributed by atoms with Crippen LogP contribution >= 0.6 is 0 Å². The number of hydrazone groups is 1. The number of rotatable bonds is 3. The molecule has 4 nitrogen and oxygen atoms in total. The monoisotopic (exact) mass is 185 g/mol. The average Bonchev–Trinajstić information content (AvgIpc) is 2.41. The second-order valence-electron chi connectivity index (χ2n) is 3.91. The van der Waals surface area contributed by atoms with E-state index in [1.54, 1.807) is 0 Å². The van der Waals surface area contributed by atoms with Gasteiger partial charge >= 0.3 is 0 Å². The molecule has 0 spiro atoms. The van der Waals surface area contributed by atoms with Crippen molar-refractivity contribution in [1.29, 1.82) is 0 Å². The Kier molecular flexibility index (Phi) is 3.69. The molecular weight excluding hydrogens is 166 g/mol. The van der Waals surface area contributed by atoms with Crippen LogP contribution in [-0.4, -0.2) is 48.5 Å². The molecule has 76 valence electrons. The van der Waals surface area contributed by atoms with Crippen LogP contribution in [0.4, 0.5) is 0 Å². The first kappa shape index (κ1) is 10.5. The van der Waals surface area contributed by atoms with Crippen molar-refractivity contribution in [3.63, 3.8) is 0 Å². The van der Waals surface area contributed by atoms with Gasteiger partial charge in [-0.05, 0) is 14.0 Å². The molecule has 2 unspecified atom stereocenters. The van der Waals surface area contributed by atoms with Crippen molar-refractivity contribution in [3.8, 4) is 0 Å². The predicted molar refractivity (Wildman–Crippen MR) is 53.8 cm³/mol. The van der Waals surface area contributed by atoms with Crippen LogP contribution in [0.15, 0.2) is 5.10 Å². The highest BCUT2D eigenvalue weighted by Crippen LogP contribution is 2.10. The summed E-state index contributed by atoms with van der Waals surface area (Å²) < 4.78 is 0. The maximum Gasteiger partial charge on any atom is 0.0646 e. The Balaban J connectivity index is 2.42. The summed E-state index contributed by atoms with van der Waals surface area (Å²) in [6.45, 7) is 6.22. The Bertz CT molecular complexity index is 193. The number of aliphatic hydroxyl groups excluding tert-OH is 1. The first-order chi connectivity index (χ1) is 6.13. The van der Waals surface area contributed by atoms with Crippen LogP contribution in [0.1, 0.15) is 13.8 Å². The lowest BCUT2D eigenvalue weighted by Gasteiger charge is -2.09. The van der Waals surface area contributed by atoms with Gasteiger partial charge in [-0.25, -0.2) is 0 Å². The third-order valence-electron chi connectivity index (χ3n) is 2.29. The molecule has 0 bridgehead atoms. The van der Waals surface area contributed by atoms with Gasteiger partial charge in [-0.15, -0.1) is 0 Å². The van der Waals surface area contributed by atoms with Gasteiger partial charge in [-0.3, -0.25) is 0 Å². The highest BCUT2D eigenvalue weighted by molar-refractivity contribution is 5.90. The fourth-order valence-corrected chi connectivity index (χ4v) is 1.45. The van der Waals surface area contributed by atoms with E-state index in [1.165, 1.54) is 5.71 Å². The van der Waals surface area contributed by atoms with Crippen LogP contribution in [0, 0.1) is 5.92 Å². The van der Waals surface area contributed by atoms with Gasteiger partial charge < -0.3 is 15.4 Å². The van der Waals surface area contributed by atoms with Crippen molar-refractivity contribution in [2.45, 2.75) is 19.9 Å². The fraction of sp³-hybridized carbons (Fsp3) is 0.889. The van der Waals surface area contributed by atoms with Crippen LogP contribution in [-0.2, 0) is 0 Å². The fourth-order valence-electron chi connectivity index (χ4n) is 1.45. The quantitative estimate of drug-likeness (QED) is 0.603. The number of aliphatic hydroxyl groups is 1. The lowest BCUT2D eigenvalue weighted by atomic mass is 10.1. The van der Waals surface area contributed by atoms with Crippen molar-refractivity contribution >= 4 is 5.71 Å². The number of likely N-dealkylation sites (tertiary alicyclic amines) is 1. The molecule has 1 rings (SSSR count). The Hall–Kier alpha value is -0.610. The second kappa shape index (κ2) is 4.58. The van der Waals surface area contributed by atoms with Crippen molar-refractivity contribution in [3.05, 3.63) is 0 Å². The van der Waals surface area contributed by atoms with Gasteiger partial charge in [0.2, 0.25) is 0 Å². The van der Waals surface area contributed by atoms with Crippen LogP contribution < -0.4 is 5.43 Å². The molecule has 0 aliphatic carbocycles. The summed E-state index contributed by atoms with van der Waals surface area (Å²) in [7, 11) is 2.09. The van der Waals surface area contributed by atoms with E-state index in [9.17, 15) is 0 Å². The van der Waals surface area contributed by atoms with Gasteiger partial charge in [0.05, 0.1) is 18.4 Å². The van der Waals surface area contributed by atoms with E-state index >= 15 is 0 Å². The van der Waals surface area contributed by atoms with Crippen molar-refractivity contribution in [1.82, 2.24) is 10.3 Å². The highest BCUT2D eigenvalue weighted by atomic mass is 16.3. The lowest BCUT2D eigenvalue weighted by molar-refractivity contribution is 0.253. The van der Waals surface area contributed by atoms with Gasteiger partial charge in [-0.2, -0.15) is 5.10 Å². The topological polar surface area (TPSA) is 47.9 Å². The van der Waals surface area contributed by atoms with Gasteiger partial charge in [0, 0.05) is 19.0 Å². The number of nitrogens with one attached hydrogen (secondary N) is 1. The number of nitrogens with zero attached hydrogens (tertiary/aromatic N) is 2. The van der Waals surface area contributed by atoms with E-state index in [-0.39, 0.29) is 12.6 Å². The molecule has 0 saturated carbocycles. The Morgan fingerprint density at radius 2 is 2.46 bits per heavy atom. The highest BCUT2D eigenvalue weighted by Gasteiger charge is 2.22. The van der Waals surface area contributed by atoms with Crippen LogP contribution in [0.5, 0.6) is 0 Å². The molecule has 0 amide bonds. The van der Waals surface area contributed by atoms with E-state index in [2.05, 4.69) is 29.4 Å². The summed E-state index contributed by atoms with van der Waals surface area (Å²) in [5, 5.41) is 13.1. The standard InChI is InChI=1S/C9H19N3O/c1-7-4-12(3)5-9(7)11-10-8(2)6-13/h7-8,10,13H,4-6H2,1-3H3/b11-9+. The van der Waals surface area contributed by atoms with Crippen molar-refractivity contribution < 1.29 is 5.11 Å². The summed E-state index contributed by atoms with van der Waals surface area (Å²) in [6.07, 6.45) is 0. The molecule has 0 aromatic heterocycles. The first-order valence-electron chi connectivity index (χ1n) is 4.75. The zero-order valence-corrected chi connectivity index (χ0v) is 8.62. The maximum absolute atomic E-state index is 8.78. The lowest BCUT2D eigenvalue weighted by Crippen LogP contribution is -2.27. The molecule has 2 atom stereocenters. The summed E-state index contributed by atoms with van der Waals surface area (Å²) in [6, 6.07) is 0.0469. The Morgan fingerprint density at radius 1 is 1.77 bits per heavy atom. The minimum Gasteiger partial charge on any atom is -0.394 e. The van der Waals surface area contributed by atoms with E-state index < -0.39 is 0 Å². The molecule has 13 heavy (non-hydrogen) atoms. The van der Waals surface area contributed by atoms with E-state index in [4.69, 9.17) is 5.11 Å². The van der Waals surface area contributed by atoms with Crippen LogP contribution in [0.3, 0.4) is 0 Å². The molecule has 1 saturated heterocycles. The largest absolute Gasteiger partial charge is 0.394 e. The van der Waals surface area contributed by atoms with Gasteiger partial charge in [-0.1, -0.05) is 6.92 Å². The zero-order valence-electron chi connectivity index (χ0n) is 8.62. The molecule has 1 aliphatic heterocycles. The third kappa shape index (κ3) is 2.97. The molecule has 4 heteroatoms. The molecule has 1 heterocycles. The maximum atomic E-state index is 8.78. The van der Waals surface area contributed by atoms with Crippen LogP contribution in [0.2, 0.25) is 0 Å². The number of hydrogen-bond donors (Lipinski definition) is 2. The van der Waals surface area contributed by atoms with Crippen molar-refractivity contribution in [2.75, 3.05) is 26.7 Å². The Labute approximate surface area is 79.6 Å². The van der Waals surface area contributed by atoms with Gasteiger partial charge in [0.1, 0.15) is 0 Å². The minimum absolute atomic E-state index is 0.0469. The second-order valence-corrected chi connectivity index (χ2v) is 3.91. The molecule has 0 aromatic carbocycles. The van der Waals surface area contributed by atoms with Gasteiger partial charge in [0.25, 0.3) is 0 Å². The Morgan fingerprint density at radius 3 is 2.92 bits per heavy atom. The smallest absolute Gasteiger partial charge is 0.0646 e. The molecule has 0 aromatic rings. The summed E-state index contributed by atoms with van der Waals surface area (Å²) in [4.78, 5) is 2.24. The summed E-state index contributed by atoms with van der Waals surface area (Å²) in [5.41, 5.74) is 4.12. The van der Waals surface area contributed by atoms with Gasteiger partial charge in [0.15, 0.2) is 0 Å². The van der Waals surface area contributed by atoms with E-state index in [1.807, 2.05) is 6.92 Å². The van der Waals surface area contributed by atoms with Crippen LogP contribution in [0.25, 0.3) is 0 Å². The average molecular weight is 185 g/mol. The summed E-state index contributed by atoms with van der Waals surface area (Å²) >= 11 is 0. The zero-order chi connectivity index (χ0) is 9.84. The predicted octanol–water partition coefficient (Wildman–Crippen LogP) is -0.106. The normalized spacial score (nSPS) is 29.5. The molecule has 1 fully saturated rings. The molecular formula is C9H19N3O. The first-order valence-corrected chi connectivity index (χ1v) is 4.75. The molecule has 2 N–H and O–H groups in total. The summed E-state index contributed by atoms with van der Waals surface area (Å²) in [5.74, 6) is 0.531. The molecule has 1 aliphatic rings. The van der Waals surface area contributed by atoms with Crippen molar-refractivity contribution in [2.24, 2.45) is 11.0 Å². The third-order valence-corrected chi connectivity index (χ3v) is 2.29. The minimum atomic E-state index is 0.0469. The van der Waals surface area contributed by atoms with E-state index in [0.29, 0.717) is 5.92 Å². The molecule has 0 radical (unpaired) electrons. The van der Waals surface area contributed by atoms with E-state index in [0.717, 1.165) is 13.1 Å². The SMILES string of the molecule is CC(CO)N/N=C1\CN(C)CC1C. The number of hydrogen-bond acceptors (Lipinski definition) is 4.